The van der Waals surface area contributed by atoms with Crippen molar-refractivity contribution in [3.63, 3.8) is 0 Å². The largest absolute Gasteiger partial charge is 0.489 e. The molecule has 0 bridgehead atoms. The molecule has 33 heavy (non-hydrogen) atoms. The van der Waals surface area contributed by atoms with Crippen molar-refractivity contribution in [3.05, 3.63) is 104 Å². The first kappa shape index (κ1) is 23.3. The van der Waals surface area contributed by atoms with Crippen LogP contribution >= 0.6 is 47.2 Å². The molecule has 5 nitrogen and oxygen atoms in total. The molecule has 0 radical (unpaired) electrons. The topological polar surface area (TPSA) is 58.6 Å². The van der Waals surface area contributed by atoms with Crippen LogP contribution in [0.3, 0.4) is 0 Å². The van der Waals surface area contributed by atoms with Crippen molar-refractivity contribution >= 4 is 69.4 Å². The van der Waals surface area contributed by atoms with Crippen molar-refractivity contribution in [1.82, 2.24) is 10.4 Å². The van der Waals surface area contributed by atoms with E-state index < -0.39 is 5.91 Å². The van der Waals surface area contributed by atoms with Gasteiger partial charge in [-0.15, -0.1) is 0 Å². The summed E-state index contributed by atoms with van der Waals surface area (Å²) >= 11 is 18.4. The normalized spacial score (nSPS) is 14.6. The number of nitrogens with zero attached hydrogens (tertiary/aromatic N) is 1. The van der Waals surface area contributed by atoms with Crippen molar-refractivity contribution in [2.24, 2.45) is 0 Å². The number of hydrogen-bond acceptors (Lipinski definition) is 5. The maximum absolute atomic E-state index is 12.8. The number of ether oxygens (including phenoxy) is 1. The lowest BCUT2D eigenvalue weighted by Crippen LogP contribution is -2.44. The maximum atomic E-state index is 12.8. The molecule has 0 saturated carbocycles. The number of rotatable bonds is 6. The summed E-state index contributed by atoms with van der Waals surface area (Å²) in [6.07, 6.45) is 1.72. The molecule has 9 heteroatoms. The smallest absolute Gasteiger partial charge is 0.285 e. The second-order valence-corrected chi connectivity index (χ2v) is 9.42. The Morgan fingerprint density at radius 2 is 1.76 bits per heavy atom. The molecule has 0 aromatic heterocycles. The Kier molecular flexibility index (Phi) is 7.35. The number of thiocarbonyl (C=S) groups is 1. The van der Waals surface area contributed by atoms with Crippen LogP contribution in [0.5, 0.6) is 5.75 Å². The average Bonchev–Trinajstić information content (AvgIpc) is 3.08. The van der Waals surface area contributed by atoms with E-state index in [1.54, 1.807) is 54.6 Å². The van der Waals surface area contributed by atoms with Gasteiger partial charge in [0, 0.05) is 5.56 Å². The highest BCUT2D eigenvalue weighted by molar-refractivity contribution is 8.26. The zero-order chi connectivity index (χ0) is 23.4. The van der Waals surface area contributed by atoms with Crippen molar-refractivity contribution in [2.45, 2.75) is 6.61 Å². The van der Waals surface area contributed by atoms with Gasteiger partial charge in [0.1, 0.15) is 12.4 Å². The molecule has 1 fully saturated rings. The maximum Gasteiger partial charge on any atom is 0.285 e. The van der Waals surface area contributed by atoms with Gasteiger partial charge in [-0.2, -0.15) is 5.01 Å². The predicted molar refractivity (Wildman–Crippen MR) is 136 cm³/mol. The molecule has 1 N–H and O–H groups in total. The van der Waals surface area contributed by atoms with Gasteiger partial charge in [-0.3, -0.25) is 15.0 Å². The molecule has 0 unspecified atom stereocenters. The highest BCUT2D eigenvalue weighted by Crippen LogP contribution is 2.32. The summed E-state index contributed by atoms with van der Waals surface area (Å²) in [5.74, 6) is -0.119. The Morgan fingerprint density at radius 3 is 2.45 bits per heavy atom. The fraction of sp³-hybridized carbons (Fsp3) is 0.0417. The number of halogens is 2. The number of benzene rings is 3. The van der Waals surface area contributed by atoms with Gasteiger partial charge < -0.3 is 4.74 Å². The molecule has 0 spiro atoms. The van der Waals surface area contributed by atoms with Gasteiger partial charge in [0.05, 0.1) is 15.0 Å². The Labute approximate surface area is 210 Å². The molecule has 3 aromatic rings. The summed E-state index contributed by atoms with van der Waals surface area (Å²) < 4.78 is 6.04. The molecule has 4 rings (SSSR count). The van der Waals surface area contributed by atoms with E-state index in [9.17, 15) is 9.59 Å². The summed E-state index contributed by atoms with van der Waals surface area (Å²) in [6, 6.07) is 21.2. The van der Waals surface area contributed by atoms with Crippen LogP contribution in [-0.2, 0) is 11.4 Å². The summed E-state index contributed by atoms with van der Waals surface area (Å²) in [6.45, 7) is 0.343. The molecular weight excluding hydrogens is 499 g/mol. The van der Waals surface area contributed by atoms with Crippen LogP contribution in [0.2, 0.25) is 10.0 Å². The van der Waals surface area contributed by atoms with E-state index in [0.717, 1.165) is 27.9 Å². The minimum atomic E-state index is -0.406. The first-order valence-electron chi connectivity index (χ1n) is 9.71. The van der Waals surface area contributed by atoms with Crippen molar-refractivity contribution in [3.8, 4) is 5.75 Å². The molecule has 1 heterocycles. The monoisotopic (exact) mass is 514 g/mol. The summed E-state index contributed by atoms with van der Waals surface area (Å²) in [7, 11) is 0. The van der Waals surface area contributed by atoms with Gasteiger partial charge in [-0.25, -0.2) is 0 Å². The van der Waals surface area contributed by atoms with Crippen LogP contribution in [0, 0.1) is 0 Å². The van der Waals surface area contributed by atoms with Crippen molar-refractivity contribution in [1.29, 1.82) is 0 Å². The third-order valence-electron chi connectivity index (χ3n) is 4.61. The zero-order valence-electron chi connectivity index (χ0n) is 17.0. The fourth-order valence-electron chi connectivity index (χ4n) is 2.93. The molecule has 0 aliphatic carbocycles. The first-order chi connectivity index (χ1) is 15.9. The number of nitrogens with one attached hydrogen (secondary N) is 1. The number of thioether (sulfide) groups is 1. The lowest BCUT2D eigenvalue weighted by atomic mass is 10.2. The number of hydrogen-bond donors (Lipinski definition) is 1. The molecule has 2 amide bonds. The Balaban J connectivity index is 1.39. The predicted octanol–water partition coefficient (Wildman–Crippen LogP) is 6.12. The van der Waals surface area contributed by atoms with E-state index in [2.05, 4.69) is 5.43 Å². The average molecular weight is 515 g/mol. The summed E-state index contributed by atoms with van der Waals surface area (Å²) in [4.78, 5) is 25.5. The lowest BCUT2D eigenvalue weighted by Gasteiger charge is -2.15. The quantitative estimate of drug-likeness (QED) is 0.317. The van der Waals surface area contributed by atoms with E-state index >= 15 is 0 Å². The van der Waals surface area contributed by atoms with Crippen LogP contribution in [0.15, 0.2) is 77.7 Å². The van der Waals surface area contributed by atoms with E-state index in [-0.39, 0.29) is 10.2 Å². The first-order valence-corrected chi connectivity index (χ1v) is 11.7. The standard InChI is InChI=1S/C24H16Cl2N2O3S2/c25-19-11-8-16(12-20(19)26)14-31-18-9-6-15(7-10-18)13-21-23(30)28(24(32)33-21)27-22(29)17-4-2-1-3-5-17/h1-13H,14H2,(H,27,29)/b21-13-. The van der Waals surface area contributed by atoms with E-state index in [1.807, 2.05) is 24.3 Å². The van der Waals surface area contributed by atoms with Gasteiger partial charge in [0.25, 0.3) is 11.8 Å². The minimum Gasteiger partial charge on any atom is -0.489 e. The Hall–Kier alpha value is -2.84. The summed E-state index contributed by atoms with van der Waals surface area (Å²) in [5, 5.41) is 2.07. The number of hydrazine groups is 1. The van der Waals surface area contributed by atoms with Crippen molar-refractivity contribution in [2.75, 3.05) is 0 Å². The molecule has 3 aromatic carbocycles. The van der Waals surface area contributed by atoms with Crippen LogP contribution in [0.4, 0.5) is 0 Å². The third kappa shape index (κ3) is 5.75. The fourth-order valence-corrected chi connectivity index (χ4v) is 4.43. The van der Waals surface area contributed by atoms with Crippen LogP contribution in [0.1, 0.15) is 21.5 Å². The highest BCUT2D eigenvalue weighted by atomic mass is 35.5. The van der Waals surface area contributed by atoms with Gasteiger partial charge in [-0.05, 0) is 65.8 Å². The van der Waals surface area contributed by atoms with Gasteiger partial charge >= 0.3 is 0 Å². The van der Waals surface area contributed by atoms with Gasteiger partial charge in [0.2, 0.25) is 0 Å². The molecule has 0 atom stereocenters. The molecule has 1 aliphatic rings. The second kappa shape index (κ2) is 10.4. The van der Waals surface area contributed by atoms with Crippen LogP contribution < -0.4 is 10.2 Å². The Morgan fingerprint density at radius 1 is 1.03 bits per heavy atom. The Bertz CT molecular complexity index is 1250. The van der Waals surface area contributed by atoms with E-state index in [1.165, 1.54) is 0 Å². The van der Waals surface area contributed by atoms with Crippen LogP contribution in [0.25, 0.3) is 6.08 Å². The lowest BCUT2D eigenvalue weighted by molar-refractivity contribution is -0.123. The second-order valence-electron chi connectivity index (χ2n) is 6.93. The molecular formula is C24H16Cl2N2O3S2. The number of amides is 2. The highest BCUT2D eigenvalue weighted by Gasteiger charge is 2.33. The summed E-state index contributed by atoms with van der Waals surface area (Å²) in [5.41, 5.74) is 4.70. The number of carbonyl (C=O) groups excluding carboxylic acids is 2. The number of carbonyl (C=O) groups is 2. The van der Waals surface area contributed by atoms with E-state index in [0.29, 0.717) is 32.9 Å². The van der Waals surface area contributed by atoms with Gasteiger partial charge in [0.15, 0.2) is 4.32 Å². The third-order valence-corrected chi connectivity index (χ3v) is 6.65. The van der Waals surface area contributed by atoms with Crippen LogP contribution in [-0.4, -0.2) is 21.1 Å². The molecule has 1 aliphatic heterocycles. The van der Waals surface area contributed by atoms with Gasteiger partial charge in [-0.1, -0.05) is 71.4 Å². The molecule has 1 saturated heterocycles. The molecule has 166 valence electrons. The SMILES string of the molecule is O=C(NN1C(=O)/C(=C/c2ccc(OCc3ccc(Cl)c(Cl)c3)cc2)SC1=S)c1ccccc1. The van der Waals surface area contributed by atoms with E-state index in [4.69, 9.17) is 40.2 Å². The minimum absolute atomic E-state index is 0.261. The zero-order valence-corrected chi connectivity index (χ0v) is 20.1. The van der Waals surface area contributed by atoms with Crippen molar-refractivity contribution < 1.29 is 14.3 Å².